The van der Waals surface area contributed by atoms with Crippen LogP contribution in [-0.4, -0.2) is 91.6 Å². The van der Waals surface area contributed by atoms with E-state index < -0.39 is 5.82 Å². The van der Waals surface area contributed by atoms with Crippen LogP contribution in [0.25, 0.3) is 0 Å². The van der Waals surface area contributed by atoms with Crippen molar-refractivity contribution >= 4 is 33.4 Å². The number of hydrogen-bond acceptors (Lipinski definition) is 5. The van der Waals surface area contributed by atoms with E-state index in [-0.39, 0.29) is 23.5 Å². The number of nitrogens with one attached hydrogen (secondary N) is 1. The smallest absolute Gasteiger partial charge is 0.241 e. The van der Waals surface area contributed by atoms with Gasteiger partial charge in [-0.1, -0.05) is 15.9 Å². The van der Waals surface area contributed by atoms with Crippen LogP contribution in [0.3, 0.4) is 0 Å². The largest absolute Gasteiger partial charge is 0.378 e. The summed E-state index contributed by atoms with van der Waals surface area (Å²) < 4.78 is 19.8. The maximum atomic E-state index is 13.9. The molecular formula is C19H26BrFN4O3. The molecular weight excluding hydrogens is 431 g/mol. The first-order valence-corrected chi connectivity index (χ1v) is 10.3. The molecule has 0 aliphatic carbocycles. The number of rotatable bonds is 5. The number of carbonyl (C=O) groups excluding carboxylic acids is 2. The van der Waals surface area contributed by atoms with Crippen LogP contribution in [0.15, 0.2) is 22.7 Å². The van der Waals surface area contributed by atoms with Gasteiger partial charge in [0.2, 0.25) is 11.8 Å². The Balaban J connectivity index is 1.45. The molecule has 1 N–H and O–H groups in total. The second-order valence-corrected chi connectivity index (χ2v) is 8.01. The van der Waals surface area contributed by atoms with Crippen LogP contribution in [0.2, 0.25) is 0 Å². The van der Waals surface area contributed by atoms with Crippen molar-refractivity contribution in [2.24, 2.45) is 0 Å². The first kappa shape index (κ1) is 21.2. The quantitative estimate of drug-likeness (QED) is 0.725. The zero-order valence-corrected chi connectivity index (χ0v) is 17.6. The average molecular weight is 457 g/mol. The third-order valence-electron chi connectivity index (χ3n) is 5.25. The molecule has 2 amide bonds. The molecule has 7 nitrogen and oxygen atoms in total. The Morgan fingerprint density at radius 2 is 1.86 bits per heavy atom. The molecule has 1 aromatic rings. The van der Waals surface area contributed by atoms with E-state index in [2.05, 4.69) is 31.0 Å². The molecule has 0 saturated carbocycles. The van der Waals surface area contributed by atoms with Crippen LogP contribution >= 0.6 is 15.9 Å². The number of halogens is 2. The van der Waals surface area contributed by atoms with Gasteiger partial charge in [0.15, 0.2) is 0 Å². The van der Waals surface area contributed by atoms with E-state index in [9.17, 15) is 14.0 Å². The Labute approximate surface area is 172 Å². The third kappa shape index (κ3) is 5.50. The number of amides is 2. The van der Waals surface area contributed by atoms with Crippen LogP contribution in [0.4, 0.5) is 10.1 Å². The fourth-order valence-corrected chi connectivity index (χ4v) is 3.74. The minimum Gasteiger partial charge on any atom is -0.378 e. The summed E-state index contributed by atoms with van der Waals surface area (Å²) in [7, 11) is 0. The lowest BCUT2D eigenvalue weighted by Crippen LogP contribution is -2.55. The van der Waals surface area contributed by atoms with E-state index in [0.717, 1.165) is 13.1 Å². The van der Waals surface area contributed by atoms with Gasteiger partial charge in [-0.15, -0.1) is 0 Å². The molecule has 0 unspecified atom stereocenters. The molecule has 0 spiro atoms. The predicted molar refractivity (Wildman–Crippen MR) is 108 cm³/mol. The number of ether oxygens (including phenoxy) is 1. The van der Waals surface area contributed by atoms with Gasteiger partial charge in [-0.2, -0.15) is 0 Å². The number of nitrogens with zero attached hydrogens (tertiary/aromatic N) is 3. The highest BCUT2D eigenvalue weighted by Crippen LogP contribution is 2.20. The zero-order valence-electron chi connectivity index (χ0n) is 16.0. The van der Waals surface area contributed by atoms with E-state index >= 15 is 0 Å². The molecule has 0 bridgehead atoms. The number of anilines is 1. The Hall–Kier alpha value is -1.55. The molecule has 154 valence electrons. The van der Waals surface area contributed by atoms with Crippen LogP contribution in [0.5, 0.6) is 0 Å². The number of piperazine rings is 1. The highest BCUT2D eigenvalue weighted by Gasteiger charge is 2.28. The van der Waals surface area contributed by atoms with Gasteiger partial charge in [-0.05, 0) is 25.1 Å². The zero-order chi connectivity index (χ0) is 20.1. The predicted octanol–water partition coefficient (Wildman–Crippen LogP) is 1.39. The Morgan fingerprint density at radius 1 is 1.18 bits per heavy atom. The van der Waals surface area contributed by atoms with E-state index in [1.165, 1.54) is 6.07 Å². The standard InChI is InChI=1S/C19H26BrFN4O3/c1-14(19(27)22-17-3-2-15(20)12-16(17)21)24-6-4-23(5-7-24)13-18(26)25-8-10-28-11-9-25/h2-3,12,14H,4-11,13H2,1H3,(H,22,27)/t14-/m0/s1. The van der Waals surface area contributed by atoms with Gasteiger partial charge in [0.1, 0.15) is 5.82 Å². The molecule has 2 heterocycles. The van der Waals surface area contributed by atoms with E-state index in [0.29, 0.717) is 50.4 Å². The minimum absolute atomic E-state index is 0.133. The van der Waals surface area contributed by atoms with Crippen LogP contribution in [-0.2, 0) is 14.3 Å². The van der Waals surface area contributed by atoms with Gasteiger partial charge in [-0.25, -0.2) is 4.39 Å². The van der Waals surface area contributed by atoms with Crippen molar-refractivity contribution < 1.29 is 18.7 Å². The maximum absolute atomic E-state index is 13.9. The topological polar surface area (TPSA) is 65.1 Å². The van der Waals surface area contributed by atoms with Crippen molar-refractivity contribution in [1.29, 1.82) is 0 Å². The number of carbonyl (C=O) groups is 2. The second-order valence-electron chi connectivity index (χ2n) is 7.09. The molecule has 9 heteroatoms. The first-order chi connectivity index (χ1) is 13.4. The molecule has 2 saturated heterocycles. The molecule has 28 heavy (non-hydrogen) atoms. The second kappa shape index (κ2) is 9.78. The van der Waals surface area contributed by atoms with Gasteiger partial charge in [0, 0.05) is 43.7 Å². The lowest BCUT2D eigenvalue weighted by atomic mass is 10.2. The number of morpholine rings is 1. The molecule has 2 aliphatic rings. The number of benzene rings is 1. The van der Waals surface area contributed by atoms with Gasteiger partial charge < -0.3 is 15.0 Å². The summed E-state index contributed by atoms with van der Waals surface area (Å²) in [6, 6.07) is 4.18. The normalized spacial score (nSPS) is 20.0. The molecule has 1 aromatic carbocycles. The van der Waals surface area contributed by atoms with E-state index in [4.69, 9.17) is 4.74 Å². The van der Waals surface area contributed by atoms with Gasteiger partial charge in [0.25, 0.3) is 0 Å². The lowest BCUT2D eigenvalue weighted by Gasteiger charge is -2.38. The molecule has 2 fully saturated rings. The third-order valence-corrected chi connectivity index (χ3v) is 5.74. The van der Waals surface area contributed by atoms with Crippen molar-refractivity contribution in [2.75, 3.05) is 64.3 Å². The summed E-state index contributed by atoms with van der Waals surface area (Å²) in [5, 5.41) is 2.66. The Morgan fingerprint density at radius 3 is 2.50 bits per heavy atom. The van der Waals surface area contributed by atoms with Crippen molar-refractivity contribution in [3.8, 4) is 0 Å². The summed E-state index contributed by atoms with van der Waals surface area (Å²) in [6.07, 6.45) is 0. The molecule has 0 radical (unpaired) electrons. The van der Waals surface area contributed by atoms with Crippen molar-refractivity contribution in [1.82, 2.24) is 14.7 Å². The summed E-state index contributed by atoms with van der Waals surface area (Å²) in [6.45, 7) is 7.56. The average Bonchev–Trinajstić information content (AvgIpc) is 2.70. The summed E-state index contributed by atoms with van der Waals surface area (Å²) in [5.74, 6) is -0.575. The SMILES string of the molecule is C[C@@H](C(=O)Nc1ccc(Br)cc1F)N1CCN(CC(=O)N2CCOCC2)CC1. The fourth-order valence-electron chi connectivity index (χ4n) is 3.41. The fraction of sp³-hybridized carbons (Fsp3) is 0.579. The number of hydrogen-bond donors (Lipinski definition) is 1. The van der Waals surface area contributed by atoms with Crippen LogP contribution < -0.4 is 5.32 Å². The molecule has 2 aliphatic heterocycles. The van der Waals surface area contributed by atoms with E-state index in [1.807, 2.05) is 11.8 Å². The van der Waals surface area contributed by atoms with Crippen LogP contribution in [0, 0.1) is 5.82 Å². The summed E-state index contributed by atoms with van der Waals surface area (Å²) in [4.78, 5) is 30.9. The maximum Gasteiger partial charge on any atom is 0.241 e. The van der Waals surface area contributed by atoms with Crippen LogP contribution in [0.1, 0.15) is 6.92 Å². The Bertz CT molecular complexity index is 706. The van der Waals surface area contributed by atoms with E-state index in [1.54, 1.807) is 12.1 Å². The van der Waals surface area contributed by atoms with Gasteiger partial charge in [-0.3, -0.25) is 19.4 Å². The van der Waals surface area contributed by atoms with Crippen molar-refractivity contribution in [2.45, 2.75) is 13.0 Å². The molecule has 1 atom stereocenters. The van der Waals surface area contributed by atoms with Crippen molar-refractivity contribution in [3.63, 3.8) is 0 Å². The van der Waals surface area contributed by atoms with Crippen molar-refractivity contribution in [3.05, 3.63) is 28.5 Å². The Kier molecular flexibility index (Phi) is 7.39. The van der Waals surface area contributed by atoms with Gasteiger partial charge >= 0.3 is 0 Å². The minimum atomic E-state index is -0.471. The monoisotopic (exact) mass is 456 g/mol. The summed E-state index contributed by atoms with van der Waals surface area (Å²) in [5.41, 5.74) is 0.176. The molecule has 0 aromatic heterocycles. The highest BCUT2D eigenvalue weighted by atomic mass is 79.9. The first-order valence-electron chi connectivity index (χ1n) is 9.52. The summed E-state index contributed by atoms with van der Waals surface area (Å²) >= 11 is 3.20. The molecule has 3 rings (SSSR count). The highest BCUT2D eigenvalue weighted by molar-refractivity contribution is 9.10. The van der Waals surface area contributed by atoms with Gasteiger partial charge in [0.05, 0.1) is 31.5 Å². The lowest BCUT2D eigenvalue weighted by molar-refractivity contribution is -0.137.